The molecule has 2 aromatic carbocycles. The molecule has 3 atom stereocenters. The number of hydrogen-bond donors (Lipinski definition) is 2. The highest BCUT2D eigenvalue weighted by Gasteiger charge is 2.25. The first-order valence-corrected chi connectivity index (χ1v) is 10.5. The molecule has 5 nitrogen and oxygen atoms in total. The molecule has 0 spiro atoms. The molecular formula is C21H25NO4S. The van der Waals surface area contributed by atoms with Gasteiger partial charge in [0.2, 0.25) is 10.0 Å². The van der Waals surface area contributed by atoms with Crippen molar-refractivity contribution in [1.29, 1.82) is 0 Å². The molecule has 0 radical (unpaired) electrons. The van der Waals surface area contributed by atoms with E-state index in [4.69, 9.17) is 4.74 Å². The lowest BCUT2D eigenvalue weighted by Gasteiger charge is -2.21. The highest BCUT2D eigenvalue weighted by molar-refractivity contribution is 7.89. The number of aryl methyl sites for hydroxylation is 1. The lowest BCUT2D eigenvalue weighted by molar-refractivity contribution is 0.00874. The SMILES string of the molecule is Cc1ccc(S(=O)(=O)N[C@H]2C=C[C@@H](O)C[C@H](OCc3ccccc3)C2)cc1. The Labute approximate surface area is 160 Å². The van der Waals surface area contributed by atoms with Crippen LogP contribution < -0.4 is 4.72 Å². The summed E-state index contributed by atoms with van der Waals surface area (Å²) in [6.07, 6.45) is 3.34. The van der Waals surface area contributed by atoms with Crippen molar-refractivity contribution >= 4 is 10.0 Å². The zero-order valence-corrected chi connectivity index (χ0v) is 16.1. The fourth-order valence-electron chi connectivity index (χ4n) is 3.06. The van der Waals surface area contributed by atoms with Gasteiger partial charge in [0.05, 0.1) is 23.7 Å². The minimum absolute atomic E-state index is 0.230. The van der Waals surface area contributed by atoms with E-state index in [1.165, 1.54) is 0 Å². The molecule has 2 N–H and O–H groups in total. The minimum Gasteiger partial charge on any atom is -0.389 e. The number of ether oxygens (including phenoxy) is 1. The van der Waals surface area contributed by atoms with Crippen molar-refractivity contribution < 1.29 is 18.3 Å². The van der Waals surface area contributed by atoms with Gasteiger partial charge in [-0.2, -0.15) is 0 Å². The van der Waals surface area contributed by atoms with Crippen molar-refractivity contribution in [2.24, 2.45) is 0 Å². The van der Waals surface area contributed by atoms with E-state index >= 15 is 0 Å². The van der Waals surface area contributed by atoms with Crippen molar-refractivity contribution in [2.45, 2.75) is 49.5 Å². The van der Waals surface area contributed by atoms with Gasteiger partial charge in [0.15, 0.2) is 0 Å². The Morgan fingerprint density at radius 3 is 2.44 bits per heavy atom. The Balaban J connectivity index is 1.66. The number of aliphatic hydroxyl groups is 1. The molecule has 0 saturated carbocycles. The van der Waals surface area contributed by atoms with E-state index in [9.17, 15) is 13.5 Å². The van der Waals surface area contributed by atoms with Crippen molar-refractivity contribution in [1.82, 2.24) is 4.72 Å². The number of sulfonamides is 1. The normalized spacial score (nSPS) is 23.1. The van der Waals surface area contributed by atoms with Gasteiger partial charge in [-0.3, -0.25) is 0 Å². The molecule has 0 aliphatic heterocycles. The summed E-state index contributed by atoms with van der Waals surface area (Å²) in [5.74, 6) is 0. The molecule has 6 heteroatoms. The minimum atomic E-state index is -3.64. The first kappa shape index (κ1) is 19.8. The molecule has 0 fully saturated rings. The lowest BCUT2D eigenvalue weighted by atomic mass is 10.1. The Kier molecular flexibility index (Phi) is 6.44. The zero-order valence-electron chi connectivity index (χ0n) is 15.3. The third-order valence-electron chi connectivity index (χ3n) is 4.55. The predicted octanol–water partition coefficient (Wildman–Crippen LogP) is 2.94. The van der Waals surface area contributed by atoms with E-state index in [1.807, 2.05) is 37.3 Å². The van der Waals surface area contributed by atoms with Gasteiger partial charge in [0, 0.05) is 12.5 Å². The van der Waals surface area contributed by atoms with Crippen LogP contribution in [0.5, 0.6) is 0 Å². The summed E-state index contributed by atoms with van der Waals surface area (Å²) in [5.41, 5.74) is 2.04. The molecule has 0 amide bonds. The highest BCUT2D eigenvalue weighted by Crippen LogP contribution is 2.20. The van der Waals surface area contributed by atoms with Gasteiger partial charge in [0.25, 0.3) is 0 Å². The molecule has 2 aromatic rings. The molecule has 0 unspecified atom stereocenters. The van der Waals surface area contributed by atoms with Gasteiger partial charge in [-0.1, -0.05) is 60.2 Å². The van der Waals surface area contributed by atoms with E-state index in [2.05, 4.69) is 4.72 Å². The third kappa shape index (κ3) is 5.74. The van der Waals surface area contributed by atoms with Crippen LogP contribution in [0.4, 0.5) is 0 Å². The van der Waals surface area contributed by atoms with Crippen LogP contribution in [0.15, 0.2) is 71.6 Å². The summed E-state index contributed by atoms with van der Waals surface area (Å²) in [6, 6.07) is 16.1. The summed E-state index contributed by atoms with van der Waals surface area (Å²) in [7, 11) is -3.64. The van der Waals surface area contributed by atoms with Crippen LogP contribution in [-0.4, -0.2) is 31.8 Å². The quantitative estimate of drug-likeness (QED) is 0.748. The summed E-state index contributed by atoms with van der Waals surface area (Å²) >= 11 is 0. The number of benzene rings is 2. The molecule has 1 aliphatic carbocycles. The van der Waals surface area contributed by atoms with Crippen molar-refractivity contribution in [3.63, 3.8) is 0 Å². The number of hydrogen-bond acceptors (Lipinski definition) is 4. The van der Waals surface area contributed by atoms with Crippen LogP contribution in [0, 0.1) is 6.92 Å². The van der Waals surface area contributed by atoms with E-state index < -0.39 is 22.2 Å². The molecule has 0 bridgehead atoms. The molecule has 144 valence electrons. The summed E-state index contributed by atoms with van der Waals surface area (Å²) in [5, 5.41) is 10.1. The van der Waals surface area contributed by atoms with Crippen LogP contribution in [0.3, 0.4) is 0 Å². The van der Waals surface area contributed by atoms with E-state index in [0.29, 0.717) is 19.4 Å². The maximum Gasteiger partial charge on any atom is 0.241 e. The Hall–Kier alpha value is -1.99. The first-order chi connectivity index (χ1) is 12.9. The van der Waals surface area contributed by atoms with Gasteiger partial charge in [-0.05, 0) is 31.0 Å². The Morgan fingerprint density at radius 2 is 1.74 bits per heavy atom. The average molecular weight is 388 g/mol. The molecule has 1 aliphatic rings. The zero-order chi connectivity index (χ0) is 19.3. The van der Waals surface area contributed by atoms with Gasteiger partial charge in [0.1, 0.15) is 0 Å². The maximum atomic E-state index is 12.6. The van der Waals surface area contributed by atoms with Crippen molar-refractivity contribution in [2.75, 3.05) is 0 Å². The molecule has 0 aromatic heterocycles. The van der Waals surface area contributed by atoms with Gasteiger partial charge < -0.3 is 9.84 Å². The van der Waals surface area contributed by atoms with Crippen LogP contribution in [0.25, 0.3) is 0 Å². The molecule has 0 saturated heterocycles. The van der Waals surface area contributed by atoms with Crippen LogP contribution in [0.2, 0.25) is 0 Å². The summed E-state index contributed by atoms with van der Waals surface area (Å²) < 4.78 is 34.0. The largest absolute Gasteiger partial charge is 0.389 e. The lowest BCUT2D eigenvalue weighted by Crippen LogP contribution is -2.36. The van der Waals surface area contributed by atoms with E-state index in [1.54, 1.807) is 36.4 Å². The Morgan fingerprint density at radius 1 is 1.04 bits per heavy atom. The molecular weight excluding hydrogens is 362 g/mol. The molecule has 3 rings (SSSR count). The van der Waals surface area contributed by atoms with Gasteiger partial charge >= 0.3 is 0 Å². The standard InChI is InChI=1S/C21H25NO4S/c1-16-7-11-21(12-8-16)27(24,25)22-18-9-10-19(23)14-20(13-18)26-15-17-5-3-2-4-6-17/h2-12,18-20,22-23H,13-15H2,1H3/t18-,19+,20+/m0/s1. The van der Waals surface area contributed by atoms with E-state index in [0.717, 1.165) is 11.1 Å². The Bertz CT molecular complexity index is 863. The molecule has 27 heavy (non-hydrogen) atoms. The second kappa shape index (κ2) is 8.80. The number of rotatable bonds is 6. The average Bonchev–Trinajstić information content (AvgIpc) is 2.82. The smallest absolute Gasteiger partial charge is 0.241 e. The summed E-state index contributed by atoms with van der Waals surface area (Å²) in [4.78, 5) is 0.230. The monoisotopic (exact) mass is 387 g/mol. The second-order valence-corrected chi connectivity index (χ2v) is 8.60. The van der Waals surface area contributed by atoms with Crippen LogP contribution in [0.1, 0.15) is 24.0 Å². The topological polar surface area (TPSA) is 75.6 Å². The third-order valence-corrected chi connectivity index (χ3v) is 6.06. The van der Waals surface area contributed by atoms with Gasteiger partial charge in [-0.15, -0.1) is 0 Å². The fourth-order valence-corrected chi connectivity index (χ4v) is 4.27. The van der Waals surface area contributed by atoms with E-state index in [-0.39, 0.29) is 11.0 Å². The first-order valence-electron chi connectivity index (χ1n) is 9.03. The van der Waals surface area contributed by atoms with Gasteiger partial charge in [-0.25, -0.2) is 13.1 Å². The number of nitrogens with one attached hydrogen (secondary N) is 1. The van der Waals surface area contributed by atoms with Crippen LogP contribution >= 0.6 is 0 Å². The highest BCUT2D eigenvalue weighted by atomic mass is 32.2. The summed E-state index contributed by atoms with van der Waals surface area (Å²) in [6.45, 7) is 2.34. The number of aliphatic hydroxyl groups excluding tert-OH is 1. The predicted molar refractivity (Wildman–Crippen MR) is 105 cm³/mol. The second-order valence-electron chi connectivity index (χ2n) is 6.88. The maximum absolute atomic E-state index is 12.6. The molecule has 0 heterocycles. The van der Waals surface area contributed by atoms with Crippen molar-refractivity contribution in [3.8, 4) is 0 Å². The fraction of sp³-hybridized carbons (Fsp3) is 0.333. The van der Waals surface area contributed by atoms with Crippen LogP contribution in [-0.2, 0) is 21.4 Å². The van der Waals surface area contributed by atoms with Crippen molar-refractivity contribution in [3.05, 3.63) is 77.9 Å².